The summed E-state index contributed by atoms with van der Waals surface area (Å²) in [7, 11) is 1.77. The third-order valence-corrected chi connectivity index (χ3v) is 4.30. The van der Waals surface area contributed by atoms with Crippen LogP contribution in [0.5, 0.6) is 5.75 Å². The van der Waals surface area contributed by atoms with Crippen molar-refractivity contribution in [1.82, 2.24) is 10.6 Å². The minimum atomic E-state index is -0.250. The van der Waals surface area contributed by atoms with Crippen molar-refractivity contribution < 1.29 is 18.6 Å². The molecule has 1 saturated heterocycles. The Balaban J connectivity index is 1.41. The SMILES string of the molecule is CN=C(NCCCCOc1ccc(F)cc1)NCCCOCC1CCOC1. The summed E-state index contributed by atoms with van der Waals surface area (Å²) in [5, 5.41) is 6.57. The summed E-state index contributed by atoms with van der Waals surface area (Å²) in [6.45, 7) is 5.52. The fourth-order valence-corrected chi connectivity index (χ4v) is 2.72. The number of aliphatic imine (C=N–C) groups is 1. The molecule has 0 bridgehead atoms. The summed E-state index contributed by atoms with van der Waals surface area (Å²) in [6.07, 6.45) is 3.94. The Kier molecular flexibility index (Phi) is 10.6. The second-order valence-corrected chi connectivity index (χ2v) is 6.59. The molecule has 1 heterocycles. The summed E-state index contributed by atoms with van der Waals surface area (Å²) >= 11 is 0. The van der Waals surface area contributed by atoms with Gasteiger partial charge in [-0.25, -0.2) is 4.39 Å². The molecule has 0 amide bonds. The fraction of sp³-hybridized carbons (Fsp3) is 0.650. The minimum absolute atomic E-state index is 0.250. The largest absolute Gasteiger partial charge is 0.494 e. The number of guanidine groups is 1. The van der Waals surface area contributed by atoms with Crippen LogP contribution in [0.1, 0.15) is 25.7 Å². The number of hydrogen-bond acceptors (Lipinski definition) is 4. The standard InChI is InChI=1S/C20H32FN3O3/c1-22-20(24-11-4-12-25-15-17-9-14-26-16-17)23-10-2-3-13-27-19-7-5-18(21)6-8-19/h5-8,17H,2-4,9-16H2,1H3,(H2,22,23,24). The van der Waals surface area contributed by atoms with E-state index in [0.717, 1.165) is 71.2 Å². The van der Waals surface area contributed by atoms with Crippen LogP contribution in [0.25, 0.3) is 0 Å². The quantitative estimate of drug-likeness (QED) is 0.331. The van der Waals surface area contributed by atoms with E-state index in [-0.39, 0.29) is 5.82 Å². The van der Waals surface area contributed by atoms with Crippen molar-refractivity contribution in [3.8, 4) is 5.75 Å². The summed E-state index contributed by atoms with van der Waals surface area (Å²) in [5.74, 6) is 1.82. The van der Waals surface area contributed by atoms with E-state index in [1.807, 2.05) is 0 Å². The molecule has 2 N–H and O–H groups in total. The number of unbranched alkanes of at least 4 members (excludes halogenated alkanes) is 1. The van der Waals surface area contributed by atoms with Gasteiger partial charge in [-0.2, -0.15) is 0 Å². The number of nitrogens with one attached hydrogen (secondary N) is 2. The van der Waals surface area contributed by atoms with Crippen LogP contribution in [0.3, 0.4) is 0 Å². The summed E-state index contributed by atoms with van der Waals surface area (Å²) in [6, 6.07) is 6.09. The Morgan fingerprint density at radius 1 is 1.15 bits per heavy atom. The van der Waals surface area contributed by atoms with Gasteiger partial charge in [-0.1, -0.05) is 0 Å². The molecule has 1 atom stereocenters. The molecule has 0 aromatic heterocycles. The minimum Gasteiger partial charge on any atom is -0.494 e. The monoisotopic (exact) mass is 381 g/mol. The van der Waals surface area contributed by atoms with Gasteiger partial charge in [0, 0.05) is 39.3 Å². The maximum absolute atomic E-state index is 12.8. The molecule has 0 radical (unpaired) electrons. The molecule has 1 aliphatic rings. The van der Waals surface area contributed by atoms with Gasteiger partial charge < -0.3 is 24.8 Å². The third kappa shape index (κ3) is 9.58. The average Bonchev–Trinajstić information content (AvgIpc) is 3.20. The first-order chi connectivity index (χ1) is 13.3. The molecule has 1 aliphatic heterocycles. The molecule has 0 spiro atoms. The Hall–Kier alpha value is -1.86. The molecule has 1 aromatic carbocycles. The lowest BCUT2D eigenvalue weighted by molar-refractivity contribution is 0.0888. The molecule has 6 nitrogen and oxygen atoms in total. The van der Waals surface area contributed by atoms with E-state index in [2.05, 4.69) is 15.6 Å². The van der Waals surface area contributed by atoms with Crippen molar-refractivity contribution in [2.24, 2.45) is 10.9 Å². The fourth-order valence-electron chi connectivity index (χ4n) is 2.72. The zero-order valence-corrected chi connectivity index (χ0v) is 16.2. The predicted octanol–water partition coefficient (Wildman–Crippen LogP) is 2.59. The lowest BCUT2D eigenvalue weighted by Gasteiger charge is -2.13. The molecule has 27 heavy (non-hydrogen) atoms. The van der Waals surface area contributed by atoms with Crippen LogP contribution in [0, 0.1) is 11.7 Å². The molecule has 1 unspecified atom stereocenters. The van der Waals surface area contributed by atoms with Crippen LogP contribution in [-0.2, 0) is 9.47 Å². The summed E-state index contributed by atoms with van der Waals surface area (Å²) in [5.41, 5.74) is 0. The van der Waals surface area contributed by atoms with Gasteiger partial charge in [-0.15, -0.1) is 0 Å². The van der Waals surface area contributed by atoms with Crippen LogP contribution in [0.4, 0.5) is 4.39 Å². The molecule has 0 saturated carbocycles. The van der Waals surface area contributed by atoms with Crippen molar-refractivity contribution >= 4 is 5.96 Å². The molecular weight excluding hydrogens is 349 g/mol. The number of ether oxygens (including phenoxy) is 3. The average molecular weight is 381 g/mol. The van der Waals surface area contributed by atoms with Crippen LogP contribution in [0.15, 0.2) is 29.3 Å². The third-order valence-electron chi connectivity index (χ3n) is 4.30. The first-order valence-electron chi connectivity index (χ1n) is 9.76. The Morgan fingerprint density at radius 2 is 1.93 bits per heavy atom. The van der Waals surface area contributed by atoms with Crippen LogP contribution >= 0.6 is 0 Å². The molecule has 2 rings (SSSR count). The van der Waals surface area contributed by atoms with Crippen LogP contribution < -0.4 is 15.4 Å². The molecule has 7 heteroatoms. The molecule has 1 fully saturated rings. The highest BCUT2D eigenvalue weighted by molar-refractivity contribution is 5.79. The zero-order valence-electron chi connectivity index (χ0n) is 16.2. The van der Waals surface area contributed by atoms with E-state index < -0.39 is 0 Å². The van der Waals surface area contributed by atoms with Crippen molar-refractivity contribution in [3.05, 3.63) is 30.1 Å². The van der Waals surface area contributed by atoms with Crippen molar-refractivity contribution in [1.29, 1.82) is 0 Å². The van der Waals surface area contributed by atoms with E-state index in [4.69, 9.17) is 14.2 Å². The number of benzene rings is 1. The lowest BCUT2D eigenvalue weighted by Crippen LogP contribution is -2.38. The highest BCUT2D eigenvalue weighted by Gasteiger charge is 2.15. The van der Waals surface area contributed by atoms with Gasteiger partial charge in [0.05, 0.1) is 19.8 Å². The van der Waals surface area contributed by atoms with E-state index in [1.54, 1.807) is 19.2 Å². The second-order valence-electron chi connectivity index (χ2n) is 6.59. The Morgan fingerprint density at radius 3 is 2.63 bits per heavy atom. The highest BCUT2D eigenvalue weighted by Crippen LogP contribution is 2.12. The van der Waals surface area contributed by atoms with Gasteiger partial charge in [0.15, 0.2) is 5.96 Å². The Labute approximate surface area is 161 Å². The lowest BCUT2D eigenvalue weighted by atomic mass is 10.1. The normalized spacial score (nSPS) is 17.1. The highest BCUT2D eigenvalue weighted by atomic mass is 19.1. The predicted molar refractivity (Wildman–Crippen MR) is 105 cm³/mol. The zero-order chi connectivity index (χ0) is 19.2. The van der Waals surface area contributed by atoms with Crippen molar-refractivity contribution in [2.75, 3.05) is 53.2 Å². The molecule has 1 aromatic rings. The second kappa shape index (κ2) is 13.3. The number of hydrogen-bond donors (Lipinski definition) is 2. The van der Waals surface area contributed by atoms with Gasteiger partial charge >= 0.3 is 0 Å². The molecular formula is C20H32FN3O3. The first kappa shape index (κ1) is 21.4. The number of rotatable bonds is 12. The van der Waals surface area contributed by atoms with Crippen molar-refractivity contribution in [2.45, 2.75) is 25.7 Å². The van der Waals surface area contributed by atoms with Crippen LogP contribution in [0.2, 0.25) is 0 Å². The molecule has 0 aliphatic carbocycles. The Bertz CT molecular complexity index is 534. The number of nitrogens with zero attached hydrogens (tertiary/aromatic N) is 1. The maximum atomic E-state index is 12.8. The maximum Gasteiger partial charge on any atom is 0.190 e. The van der Waals surface area contributed by atoms with Gasteiger partial charge in [0.25, 0.3) is 0 Å². The first-order valence-corrected chi connectivity index (χ1v) is 9.76. The van der Waals surface area contributed by atoms with Crippen LogP contribution in [-0.4, -0.2) is 59.1 Å². The van der Waals surface area contributed by atoms with E-state index >= 15 is 0 Å². The van der Waals surface area contributed by atoms with Gasteiger partial charge in [-0.3, -0.25) is 4.99 Å². The van der Waals surface area contributed by atoms with E-state index in [1.165, 1.54) is 12.1 Å². The van der Waals surface area contributed by atoms with Gasteiger partial charge in [-0.05, 0) is 49.9 Å². The van der Waals surface area contributed by atoms with Gasteiger partial charge in [0.1, 0.15) is 11.6 Å². The summed E-state index contributed by atoms with van der Waals surface area (Å²) in [4.78, 5) is 4.21. The van der Waals surface area contributed by atoms with E-state index in [9.17, 15) is 4.39 Å². The topological polar surface area (TPSA) is 64.1 Å². The summed E-state index contributed by atoms with van der Waals surface area (Å²) < 4.78 is 29.4. The smallest absolute Gasteiger partial charge is 0.190 e. The van der Waals surface area contributed by atoms with Gasteiger partial charge in [0.2, 0.25) is 0 Å². The van der Waals surface area contributed by atoms with Crippen molar-refractivity contribution in [3.63, 3.8) is 0 Å². The van der Waals surface area contributed by atoms with E-state index in [0.29, 0.717) is 18.3 Å². The number of halogens is 1. The molecule has 152 valence electrons.